The van der Waals surface area contributed by atoms with Crippen LogP contribution in [0.4, 0.5) is 5.69 Å². The van der Waals surface area contributed by atoms with E-state index in [9.17, 15) is 9.59 Å². The van der Waals surface area contributed by atoms with Gasteiger partial charge in [-0.3, -0.25) is 9.59 Å². The summed E-state index contributed by atoms with van der Waals surface area (Å²) in [7, 11) is 0. The van der Waals surface area contributed by atoms with Crippen molar-refractivity contribution in [3.8, 4) is 5.75 Å². The summed E-state index contributed by atoms with van der Waals surface area (Å²) in [4.78, 5) is 24.4. The van der Waals surface area contributed by atoms with Crippen LogP contribution in [0.1, 0.15) is 52.0 Å². The van der Waals surface area contributed by atoms with Crippen LogP contribution in [-0.4, -0.2) is 17.9 Å². The number of benzene rings is 2. The number of ether oxygens (including phenoxy) is 1. The Morgan fingerprint density at radius 1 is 1.08 bits per heavy atom. The molecule has 0 aromatic heterocycles. The van der Waals surface area contributed by atoms with Crippen molar-refractivity contribution in [3.63, 3.8) is 0 Å². The Bertz CT molecular complexity index is 808. The van der Waals surface area contributed by atoms with Crippen molar-refractivity contribution in [2.24, 2.45) is 0 Å². The van der Waals surface area contributed by atoms with Gasteiger partial charge in [0.15, 0.2) is 0 Å². The van der Waals surface area contributed by atoms with Crippen LogP contribution in [0.5, 0.6) is 5.75 Å². The predicted octanol–water partition coefficient (Wildman–Crippen LogP) is 3.50. The van der Waals surface area contributed by atoms with E-state index >= 15 is 0 Å². The summed E-state index contributed by atoms with van der Waals surface area (Å²) < 4.78 is 5.92. The van der Waals surface area contributed by atoms with E-state index in [0.717, 1.165) is 24.2 Å². The van der Waals surface area contributed by atoms with Crippen molar-refractivity contribution >= 4 is 17.5 Å². The maximum absolute atomic E-state index is 12.5. The molecule has 1 saturated carbocycles. The van der Waals surface area contributed by atoms with Gasteiger partial charge >= 0.3 is 0 Å². The predicted molar refractivity (Wildman–Crippen MR) is 94.9 cm³/mol. The normalized spacial score (nSPS) is 16.4. The highest BCUT2D eigenvalue weighted by Crippen LogP contribution is 2.26. The molecule has 1 fully saturated rings. The summed E-state index contributed by atoms with van der Waals surface area (Å²) in [6.07, 6.45) is 4.94. The fourth-order valence-electron chi connectivity index (χ4n) is 3.46. The molecule has 0 radical (unpaired) electrons. The number of carbonyl (C=O) groups is 2. The lowest BCUT2D eigenvalue weighted by Gasteiger charge is -2.13. The van der Waals surface area contributed by atoms with E-state index < -0.39 is 0 Å². The minimum absolute atomic E-state index is 0.147. The van der Waals surface area contributed by atoms with Gasteiger partial charge in [-0.05, 0) is 61.6 Å². The van der Waals surface area contributed by atoms with E-state index in [1.54, 1.807) is 18.2 Å². The maximum atomic E-state index is 12.5. The highest BCUT2D eigenvalue weighted by Gasteiger charge is 2.23. The molecule has 0 spiro atoms. The van der Waals surface area contributed by atoms with Crippen LogP contribution < -0.4 is 15.4 Å². The molecule has 0 unspecified atom stereocenters. The molecule has 5 nitrogen and oxygen atoms in total. The first-order valence-corrected chi connectivity index (χ1v) is 8.69. The highest BCUT2D eigenvalue weighted by molar-refractivity contribution is 6.10. The second kappa shape index (κ2) is 6.59. The van der Waals surface area contributed by atoms with Crippen molar-refractivity contribution < 1.29 is 14.3 Å². The van der Waals surface area contributed by atoms with Gasteiger partial charge in [0.05, 0.1) is 17.4 Å². The van der Waals surface area contributed by atoms with Gasteiger partial charge in [-0.2, -0.15) is 0 Å². The van der Waals surface area contributed by atoms with Crippen molar-refractivity contribution in [1.29, 1.82) is 0 Å². The molecule has 4 rings (SSSR count). The molecule has 2 aromatic carbocycles. The first-order chi connectivity index (χ1) is 12.2. The molecule has 1 aliphatic carbocycles. The minimum atomic E-state index is -0.236. The molecule has 2 aliphatic rings. The number of carbonyl (C=O) groups excluding carboxylic acids is 2. The van der Waals surface area contributed by atoms with Crippen molar-refractivity contribution in [1.82, 2.24) is 5.32 Å². The SMILES string of the molecule is O=C(Nc1cccc2c1C(=O)NC2)c1ccc(OC2CCCC2)cc1. The summed E-state index contributed by atoms with van der Waals surface area (Å²) in [6.45, 7) is 0.505. The molecule has 0 bridgehead atoms. The van der Waals surface area contributed by atoms with Crippen molar-refractivity contribution in [2.45, 2.75) is 38.3 Å². The number of hydrogen-bond donors (Lipinski definition) is 2. The number of rotatable bonds is 4. The topological polar surface area (TPSA) is 67.4 Å². The van der Waals surface area contributed by atoms with Gasteiger partial charge in [0.25, 0.3) is 11.8 Å². The van der Waals surface area contributed by atoms with Crippen LogP contribution in [0.2, 0.25) is 0 Å². The van der Waals surface area contributed by atoms with Gasteiger partial charge in [-0.25, -0.2) is 0 Å². The lowest BCUT2D eigenvalue weighted by atomic mass is 10.1. The van der Waals surface area contributed by atoms with E-state index in [4.69, 9.17) is 4.74 Å². The molecule has 128 valence electrons. The Morgan fingerprint density at radius 3 is 2.60 bits per heavy atom. The molecular weight excluding hydrogens is 316 g/mol. The van der Waals surface area contributed by atoms with E-state index in [1.807, 2.05) is 24.3 Å². The lowest BCUT2D eigenvalue weighted by molar-refractivity contribution is 0.0966. The molecule has 2 aromatic rings. The molecule has 0 atom stereocenters. The minimum Gasteiger partial charge on any atom is -0.490 e. The zero-order valence-electron chi connectivity index (χ0n) is 13.9. The molecular formula is C20H20N2O3. The summed E-state index contributed by atoms with van der Waals surface area (Å²) >= 11 is 0. The van der Waals surface area contributed by atoms with E-state index in [-0.39, 0.29) is 11.8 Å². The number of hydrogen-bond acceptors (Lipinski definition) is 3. The molecule has 2 N–H and O–H groups in total. The second-order valence-electron chi connectivity index (χ2n) is 6.53. The first-order valence-electron chi connectivity index (χ1n) is 8.69. The summed E-state index contributed by atoms with van der Waals surface area (Å²) in [5, 5.41) is 5.61. The Hall–Kier alpha value is -2.82. The monoisotopic (exact) mass is 336 g/mol. The quantitative estimate of drug-likeness (QED) is 0.898. The Kier molecular flexibility index (Phi) is 4.14. The number of amides is 2. The fourth-order valence-corrected chi connectivity index (χ4v) is 3.46. The average Bonchev–Trinajstić information content (AvgIpc) is 3.26. The molecule has 25 heavy (non-hydrogen) atoms. The van der Waals surface area contributed by atoms with E-state index in [2.05, 4.69) is 10.6 Å². The number of anilines is 1. The van der Waals surface area contributed by atoms with Gasteiger partial charge in [0.1, 0.15) is 5.75 Å². The summed E-state index contributed by atoms with van der Waals surface area (Å²) in [5.41, 5.74) is 2.54. The third-order valence-corrected chi connectivity index (χ3v) is 4.79. The number of nitrogens with one attached hydrogen (secondary N) is 2. The Morgan fingerprint density at radius 2 is 1.84 bits per heavy atom. The molecule has 1 aliphatic heterocycles. The zero-order chi connectivity index (χ0) is 17.2. The molecule has 0 saturated heterocycles. The van der Waals surface area contributed by atoms with E-state index in [1.165, 1.54) is 12.8 Å². The van der Waals surface area contributed by atoms with Gasteiger partial charge in [0.2, 0.25) is 0 Å². The van der Waals surface area contributed by atoms with Crippen LogP contribution in [0.15, 0.2) is 42.5 Å². The number of fused-ring (bicyclic) bond motifs is 1. The van der Waals surface area contributed by atoms with Crippen LogP contribution in [0.3, 0.4) is 0 Å². The summed E-state index contributed by atoms with van der Waals surface area (Å²) in [6, 6.07) is 12.6. The van der Waals surface area contributed by atoms with E-state index in [0.29, 0.717) is 29.5 Å². The Balaban J connectivity index is 1.47. The molecule has 2 amide bonds. The largest absolute Gasteiger partial charge is 0.490 e. The smallest absolute Gasteiger partial charge is 0.255 e. The lowest BCUT2D eigenvalue weighted by Crippen LogP contribution is -2.17. The van der Waals surface area contributed by atoms with Gasteiger partial charge in [-0.15, -0.1) is 0 Å². The third-order valence-electron chi connectivity index (χ3n) is 4.79. The maximum Gasteiger partial charge on any atom is 0.255 e. The second-order valence-corrected chi connectivity index (χ2v) is 6.53. The van der Waals surface area contributed by atoms with Crippen LogP contribution in [-0.2, 0) is 6.54 Å². The van der Waals surface area contributed by atoms with Gasteiger partial charge in [0, 0.05) is 12.1 Å². The summed E-state index contributed by atoms with van der Waals surface area (Å²) in [5.74, 6) is 0.412. The fraction of sp³-hybridized carbons (Fsp3) is 0.300. The van der Waals surface area contributed by atoms with Gasteiger partial charge < -0.3 is 15.4 Å². The van der Waals surface area contributed by atoms with Crippen LogP contribution >= 0.6 is 0 Å². The van der Waals surface area contributed by atoms with Crippen LogP contribution in [0, 0.1) is 0 Å². The first kappa shape index (κ1) is 15.7. The zero-order valence-corrected chi connectivity index (χ0v) is 13.9. The van der Waals surface area contributed by atoms with Crippen molar-refractivity contribution in [2.75, 3.05) is 5.32 Å². The Labute approximate surface area is 146 Å². The molecule has 5 heteroatoms. The molecule has 1 heterocycles. The van der Waals surface area contributed by atoms with Gasteiger partial charge in [-0.1, -0.05) is 12.1 Å². The average molecular weight is 336 g/mol. The standard InChI is InChI=1S/C20H20N2O3/c23-19(22-17-7-3-4-14-12-21-20(24)18(14)17)13-8-10-16(11-9-13)25-15-5-1-2-6-15/h3-4,7-11,15H,1-2,5-6,12H2,(H,21,24)(H,22,23). The third kappa shape index (κ3) is 3.22. The highest BCUT2D eigenvalue weighted by atomic mass is 16.5. The van der Waals surface area contributed by atoms with Crippen LogP contribution in [0.25, 0.3) is 0 Å². The van der Waals surface area contributed by atoms with Crippen molar-refractivity contribution in [3.05, 3.63) is 59.2 Å².